The molecular weight excluding hydrogens is 316 g/mol. The van der Waals surface area contributed by atoms with Crippen LogP contribution in [-0.4, -0.2) is 18.3 Å². The van der Waals surface area contributed by atoms with Crippen LogP contribution in [0, 0.1) is 11.6 Å². The molecule has 0 heterocycles. The molecule has 0 aromatic heterocycles. The van der Waals surface area contributed by atoms with Crippen molar-refractivity contribution in [2.75, 3.05) is 6.61 Å². The van der Waals surface area contributed by atoms with Gasteiger partial charge in [-0.1, -0.05) is 18.2 Å². The minimum absolute atomic E-state index is 0.106. The summed E-state index contributed by atoms with van der Waals surface area (Å²) in [7, 11) is 0. The topological polar surface area (TPSA) is 55.4 Å². The number of benzene rings is 2. The Morgan fingerprint density at radius 3 is 2.58 bits per heavy atom. The Morgan fingerprint density at radius 2 is 1.92 bits per heavy atom. The van der Waals surface area contributed by atoms with E-state index < -0.39 is 23.6 Å². The number of ketones is 1. The second kappa shape index (κ2) is 7.68. The van der Waals surface area contributed by atoms with Crippen molar-refractivity contribution in [3.05, 3.63) is 65.2 Å². The van der Waals surface area contributed by atoms with Gasteiger partial charge in [-0.05, 0) is 32.0 Å². The quantitative estimate of drug-likeness (QED) is 0.824. The predicted octanol–water partition coefficient (Wildman–Crippen LogP) is 3.42. The molecule has 0 spiro atoms. The van der Waals surface area contributed by atoms with Crippen molar-refractivity contribution in [3.8, 4) is 5.75 Å². The molecule has 2 rings (SSSR count). The first-order chi connectivity index (χ1) is 11.4. The van der Waals surface area contributed by atoms with E-state index in [1.54, 1.807) is 31.2 Å². The van der Waals surface area contributed by atoms with E-state index in [0.717, 1.165) is 12.1 Å². The van der Waals surface area contributed by atoms with E-state index in [0.29, 0.717) is 11.3 Å². The van der Waals surface area contributed by atoms with Gasteiger partial charge in [-0.3, -0.25) is 9.59 Å². The van der Waals surface area contributed by atoms with E-state index in [4.69, 9.17) is 4.74 Å². The van der Waals surface area contributed by atoms with Gasteiger partial charge in [0.05, 0.1) is 6.04 Å². The highest BCUT2D eigenvalue weighted by atomic mass is 19.1. The van der Waals surface area contributed by atoms with Crippen LogP contribution in [0.2, 0.25) is 0 Å². The van der Waals surface area contributed by atoms with Crippen LogP contribution < -0.4 is 10.1 Å². The Morgan fingerprint density at radius 1 is 1.17 bits per heavy atom. The summed E-state index contributed by atoms with van der Waals surface area (Å²) in [5, 5.41) is 2.57. The van der Waals surface area contributed by atoms with Gasteiger partial charge in [0.1, 0.15) is 17.4 Å². The van der Waals surface area contributed by atoms with E-state index in [-0.39, 0.29) is 18.0 Å². The molecule has 0 radical (unpaired) electrons. The second-order valence-electron chi connectivity index (χ2n) is 5.33. The van der Waals surface area contributed by atoms with E-state index in [1.165, 1.54) is 13.0 Å². The molecule has 1 amide bonds. The first-order valence-corrected chi connectivity index (χ1v) is 7.35. The first kappa shape index (κ1) is 17.6. The van der Waals surface area contributed by atoms with Crippen LogP contribution in [0.5, 0.6) is 5.75 Å². The number of nitrogens with one attached hydrogen (secondary N) is 1. The van der Waals surface area contributed by atoms with E-state index in [1.807, 2.05) is 0 Å². The van der Waals surface area contributed by atoms with Crippen molar-refractivity contribution in [1.29, 1.82) is 0 Å². The van der Waals surface area contributed by atoms with Gasteiger partial charge in [-0.15, -0.1) is 0 Å². The number of rotatable bonds is 6. The average Bonchev–Trinajstić information content (AvgIpc) is 2.53. The number of carbonyl (C=O) groups is 2. The number of hydrogen-bond donors (Lipinski definition) is 1. The molecule has 2 aromatic rings. The third kappa shape index (κ3) is 4.62. The third-order valence-corrected chi connectivity index (χ3v) is 3.42. The Bertz CT molecular complexity index is 762. The summed E-state index contributed by atoms with van der Waals surface area (Å²) >= 11 is 0. The van der Waals surface area contributed by atoms with Crippen LogP contribution in [0.4, 0.5) is 8.78 Å². The standard InChI is InChI=1S/C18H17F2NO3/c1-11(16-7-6-14(19)9-17(16)20)21-18(23)10-24-15-5-3-4-13(8-15)12(2)22/h3-9,11H,10H2,1-2H3,(H,21,23). The molecule has 1 unspecified atom stereocenters. The zero-order chi connectivity index (χ0) is 17.7. The number of halogens is 2. The molecule has 0 saturated carbocycles. The van der Waals surface area contributed by atoms with Crippen molar-refractivity contribution in [2.45, 2.75) is 19.9 Å². The summed E-state index contributed by atoms with van der Waals surface area (Å²) in [5.41, 5.74) is 0.665. The second-order valence-corrected chi connectivity index (χ2v) is 5.33. The van der Waals surface area contributed by atoms with Crippen LogP contribution in [0.1, 0.15) is 35.8 Å². The molecule has 0 aliphatic heterocycles. The third-order valence-electron chi connectivity index (χ3n) is 3.42. The van der Waals surface area contributed by atoms with Gasteiger partial charge < -0.3 is 10.1 Å². The monoisotopic (exact) mass is 333 g/mol. The number of amides is 1. The summed E-state index contributed by atoms with van der Waals surface area (Å²) in [6, 6.07) is 9.01. The predicted molar refractivity (Wildman–Crippen MR) is 84.9 cm³/mol. The Balaban J connectivity index is 1.93. The molecule has 24 heavy (non-hydrogen) atoms. The van der Waals surface area contributed by atoms with E-state index >= 15 is 0 Å². The molecule has 1 atom stereocenters. The van der Waals surface area contributed by atoms with Crippen molar-refractivity contribution in [3.63, 3.8) is 0 Å². The molecule has 126 valence electrons. The lowest BCUT2D eigenvalue weighted by Gasteiger charge is -2.15. The summed E-state index contributed by atoms with van der Waals surface area (Å²) in [4.78, 5) is 23.2. The number of Topliss-reactive ketones (excluding diaryl/α,β-unsaturated/α-hetero) is 1. The normalized spacial score (nSPS) is 11.7. The fourth-order valence-corrected chi connectivity index (χ4v) is 2.17. The highest BCUT2D eigenvalue weighted by Gasteiger charge is 2.14. The summed E-state index contributed by atoms with van der Waals surface area (Å²) in [5.74, 6) is -1.58. The molecule has 2 aromatic carbocycles. The Hall–Kier alpha value is -2.76. The number of carbonyl (C=O) groups excluding carboxylic acids is 2. The van der Waals surface area contributed by atoms with Gasteiger partial charge in [-0.2, -0.15) is 0 Å². The highest BCUT2D eigenvalue weighted by molar-refractivity contribution is 5.94. The van der Waals surface area contributed by atoms with Crippen molar-refractivity contribution >= 4 is 11.7 Å². The van der Waals surface area contributed by atoms with Crippen LogP contribution in [0.3, 0.4) is 0 Å². The van der Waals surface area contributed by atoms with Crippen LogP contribution >= 0.6 is 0 Å². The SMILES string of the molecule is CC(=O)c1cccc(OCC(=O)NC(C)c2ccc(F)cc2F)c1. The van der Waals surface area contributed by atoms with Crippen molar-refractivity contribution < 1.29 is 23.1 Å². The highest BCUT2D eigenvalue weighted by Crippen LogP contribution is 2.18. The zero-order valence-corrected chi connectivity index (χ0v) is 13.3. The molecule has 0 aliphatic rings. The minimum atomic E-state index is -0.724. The van der Waals surface area contributed by atoms with Gasteiger partial charge in [-0.25, -0.2) is 8.78 Å². The van der Waals surface area contributed by atoms with Gasteiger partial charge in [0.15, 0.2) is 12.4 Å². The maximum absolute atomic E-state index is 13.7. The zero-order valence-electron chi connectivity index (χ0n) is 13.3. The lowest BCUT2D eigenvalue weighted by Crippen LogP contribution is -2.31. The Kier molecular flexibility index (Phi) is 5.63. The Labute approximate surface area is 138 Å². The summed E-state index contributed by atoms with van der Waals surface area (Å²) in [6.07, 6.45) is 0. The van der Waals surface area contributed by atoms with Crippen LogP contribution in [0.25, 0.3) is 0 Å². The molecule has 0 fully saturated rings. The average molecular weight is 333 g/mol. The minimum Gasteiger partial charge on any atom is -0.484 e. The van der Waals surface area contributed by atoms with Crippen LogP contribution in [-0.2, 0) is 4.79 Å². The fraction of sp³-hybridized carbons (Fsp3) is 0.222. The van der Waals surface area contributed by atoms with Gasteiger partial charge >= 0.3 is 0 Å². The largest absolute Gasteiger partial charge is 0.484 e. The van der Waals surface area contributed by atoms with Crippen LogP contribution in [0.15, 0.2) is 42.5 Å². The van der Waals surface area contributed by atoms with Crippen molar-refractivity contribution in [1.82, 2.24) is 5.32 Å². The molecule has 1 N–H and O–H groups in total. The maximum atomic E-state index is 13.7. The lowest BCUT2D eigenvalue weighted by molar-refractivity contribution is -0.123. The van der Waals surface area contributed by atoms with Gasteiger partial charge in [0.25, 0.3) is 5.91 Å². The lowest BCUT2D eigenvalue weighted by atomic mass is 10.1. The molecular formula is C18H17F2NO3. The van der Waals surface area contributed by atoms with E-state index in [9.17, 15) is 18.4 Å². The van der Waals surface area contributed by atoms with Crippen molar-refractivity contribution in [2.24, 2.45) is 0 Å². The summed E-state index contributed by atoms with van der Waals surface area (Å²) in [6.45, 7) is 2.74. The molecule has 6 heteroatoms. The van der Waals surface area contributed by atoms with Gasteiger partial charge in [0, 0.05) is 17.2 Å². The first-order valence-electron chi connectivity index (χ1n) is 7.35. The smallest absolute Gasteiger partial charge is 0.258 e. The molecule has 4 nitrogen and oxygen atoms in total. The number of hydrogen-bond acceptors (Lipinski definition) is 3. The molecule has 0 aliphatic carbocycles. The summed E-state index contributed by atoms with van der Waals surface area (Å²) < 4.78 is 31.9. The molecule has 0 bridgehead atoms. The fourth-order valence-electron chi connectivity index (χ4n) is 2.17. The number of ether oxygens (including phenoxy) is 1. The maximum Gasteiger partial charge on any atom is 0.258 e. The van der Waals surface area contributed by atoms with E-state index in [2.05, 4.69) is 5.32 Å². The molecule has 0 saturated heterocycles. The van der Waals surface area contributed by atoms with Gasteiger partial charge in [0.2, 0.25) is 0 Å².